The molecule has 6 rings (SSSR count). The van der Waals surface area contributed by atoms with Crippen molar-refractivity contribution in [2.24, 2.45) is 11.5 Å². The Morgan fingerprint density at radius 2 is 1.25 bits per heavy atom. The third-order valence-corrected chi connectivity index (χ3v) is 11.6. The van der Waals surface area contributed by atoms with Crippen LogP contribution >= 0.6 is 12.6 Å². The van der Waals surface area contributed by atoms with Gasteiger partial charge in [-0.15, -0.1) is 0 Å². The summed E-state index contributed by atoms with van der Waals surface area (Å²) in [4.78, 5) is 93.0. The van der Waals surface area contributed by atoms with Gasteiger partial charge in [0.05, 0.1) is 18.1 Å². The SMILES string of the molecule is N=C(N)NCCC[C@H](NC(=O)[C@@H](Cc1ccccc1)NC(=O)[C@H](Cc1c[nH]cn1)NC(=O)[C@H](N)Cc1c[nH]c2ccccc12)C(=O)N[C@@H](Cc1ccc2ccccc2c1)C(=O)N[C@H](CS)C(=O)O. The van der Waals surface area contributed by atoms with Gasteiger partial charge in [0.15, 0.2) is 5.96 Å². The second-order valence-corrected chi connectivity index (χ2v) is 16.7. The van der Waals surface area contributed by atoms with Gasteiger partial charge in [0.1, 0.15) is 30.2 Å². The largest absolute Gasteiger partial charge is 0.480 e. The van der Waals surface area contributed by atoms with E-state index in [-0.39, 0.29) is 56.8 Å². The van der Waals surface area contributed by atoms with E-state index in [2.05, 4.69) is 59.5 Å². The number of H-pyrrole nitrogens is 2. The van der Waals surface area contributed by atoms with E-state index in [1.165, 1.54) is 6.33 Å². The Bertz CT molecular complexity index is 2700. The number of nitrogens with one attached hydrogen (secondary N) is 9. The van der Waals surface area contributed by atoms with Gasteiger partial charge in [-0.1, -0.05) is 91.0 Å². The molecule has 6 atom stereocenters. The molecule has 5 amide bonds. The van der Waals surface area contributed by atoms with Crippen molar-refractivity contribution in [3.05, 3.63) is 138 Å². The van der Waals surface area contributed by atoms with Crippen molar-refractivity contribution in [3.8, 4) is 0 Å². The number of aliphatic carboxylic acids is 1. The second kappa shape index (κ2) is 24.2. The molecule has 0 aliphatic heterocycles. The monoisotopic (exact) mass is 944 g/mol. The summed E-state index contributed by atoms with van der Waals surface area (Å²) >= 11 is 4.08. The number of nitrogens with zero attached hydrogens (tertiary/aromatic N) is 1. The summed E-state index contributed by atoms with van der Waals surface area (Å²) in [5.41, 5.74) is 15.4. The highest BCUT2D eigenvalue weighted by atomic mass is 32.1. The molecule has 2 heterocycles. The molecule has 0 aliphatic rings. The van der Waals surface area contributed by atoms with Crippen LogP contribution < -0.4 is 43.4 Å². The van der Waals surface area contributed by atoms with E-state index in [1.54, 1.807) is 48.8 Å². The molecular weight excluding hydrogens is 889 g/mol. The Kier molecular flexibility index (Phi) is 17.7. The van der Waals surface area contributed by atoms with Crippen LogP contribution in [0.25, 0.3) is 21.7 Å². The van der Waals surface area contributed by atoms with Crippen molar-refractivity contribution >= 4 is 75.8 Å². The van der Waals surface area contributed by atoms with Crippen molar-refractivity contribution in [2.45, 2.75) is 74.8 Å². The average molecular weight is 945 g/mol. The van der Waals surface area contributed by atoms with Gasteiger partial charge in [0.25, 0.3) is 0 Å². The number of guanidine groups is 1. The summed E-state index contributed by atoms with van der Waals surface area (Å²) in [5, 5.41) is 36.2. The van der Waals surface area contributed by atoms with Crippen LogP contribution in [0.1, 0.15) is 35.2 Å². The molecule has 0 saturated heterocycles. The van der Waals surface area contributed by atoms with E-state index in [0.717, 1.165) is 27.2 Å². The molecule has 0 unspecified atom stereocenters. The smallest absolute Gasteiger partial charge is 0.327 e. The van der Waals surface area contributed by atoms with Gasteiger partial charge in [-0.2, -0.15) is 12.6 Å². The molecule has 68 heavy (non-hydrogen) atoms. The molecular formula is C48H56N12O7S. The molecule has 0 fully saturated rings. The van der Waals surface area contributed by atoms with Crippen LogP contribution in [-0.2, 0) is 54.5 Å². The maximum absolute atomic E-state index is 14.5. The number of aromatic nitrogens is 3. The number of carbonyl (C=O) groups is 6. The fourth-order valence-electron chi connectivity index (χ4n) is 7.67. The Labute approximate surface area is 397 Å². The van der Waals surface area contributed by atoms with Gasteiger partial charge < -0.3 is 58.4 Å². The fraction of sp³-hybridized carbons (Fsp3) is 0.292. The van der Waals surface area contributed by atoms with Gasteiger partial charge in [-0.3, -0.25) is 29.4 Å². The van der Waals surface area contributed by atoms with Crippen LogP contribution in [0.5, 0.6) is 0 Å². The Morgan fingerprint density at radius 3 is 1.91 bits per heavy atom. The first-order chi connectivity index (χ1) is 32.8. The third-order valence-electron chi connectivity index (χ3n) is 11.3. The molecule has 6 aromatic rings. The van der Waals surface area contributed by atoms with Gasteiger partial charge in [-0.25, -0.2) is 9.78 Å². The zero-order valence-corrected chi connectivity index (χ0v) is 37.9. The predicted octanol–water partition coefficient (Wildman–Crippen LogP) is 1.34. The Morgan fingerprint density at radius 1 is 0.662 bits per heavy atom. The summed E-state index contributed by atoms with van der Waals surface area (Å²) < 4.78 is 0. The molecule has 0 bridgehead atoms. The molecule has 19 nitrogen and oxygen atoms in total. The zero-order chi connectivity index (χ0) is 48.6. The Hall–Kier alpha value is -7.71. The molecule has 0 saturated carbocycles. The van der Waals surface area contributed by atoms with E-state index < -0.39 is 71.8 Å². The van der Waals surface area contributed by atoms with Gasteiger partial charge >= 0.3 is 5.97 Å². The van der Waals surface area contributed by atoms with Crippen molar-refractivity contribution in [1.82, 2.24) is 46.9 Å². The molecule has 0 spiro atoms. The molecule has 14 N–H and O–H groups in total. The molecule has 0 radical (unpaired) electrons. The molecule has 356 valence electrons. The van der Waals surface area contributed by atoms with Crippen molar-refractivity contribution in [1.29, 1.82) is 5.41 Å². The van der Waals surface area contributed by atoms with E-state index in [0.29, 0.717) is 16.8 Å². The van der Waals surface area contributed by atoms with Gasteiger partial charge in [0.2, 0.25) is 29.5 Å². The minimum absolute atomic E-state index is 0.0191. The first kappa shape index (κ1) is 49.7. The first-order valence-corrected chi connectivity index (χ1v) is 22.6. The molecule has 20 heteroatoms. The lowest BCUT2D eigenvalue weighted by atomic mass is 10.00. The number of aromatic amines is 2. The quantitative estimate of drug-likeness (QED) is 0.0178. The van der Waals surface area contributed by atoms with Crippen LogP contribution in [0.2, 0.25) is 0 Å². The number of hydrogen-bond acceptors (Lipinski definition) is 10. The summed E-state index contributed by atoms with van der Waals surface area (Å²) in [6.45, 7) is 0.152. The number of benzene rings is 4. The zero-order valence-electron chi connectivity index (χ0n) is 37.0. The maximum atomic E-state index is 14.5. The number of amides is 5. The summed E-state index contributed by atoms with van der Waals surface area (Å²) in [6, 6.07) is 21.9. The van der Waals surface area contributed by atoms with Crippen molar-refractivity contribution in [2.75, 3.05) is 12.3 Å². The molecule has 0 aliphatic carbocycles. The lowest BCUT2D eigenvalue weighted by Crippen LogP contribution is -2.60. The fourth-order valence-corrected chi connectivity index (χ4v) is 7.92. The number of rotatable bonds is 24. The van der Waals surface area contributed by atoms with Crippen LogP contribution in [0.3, 0.4) is 0 Å². The number of fused-ring (bicyclic) bond motifs is 2. The number of carboxylic acids is 1. The topological polar surface area (TPSA) is 315 Å². The minimum Gasteiger partial charge on any atom is -0.480 e. The Balaban J connectivity index is 1.24. The number of hydrogen-bond donors (Lipinski definition) is 13. The van der Waals surface area contributed by atoms with Crippen molar-refractivity contribution in [3.63, 3.8) is 0 Å². The average Bonchev–Trinajstić information content (AvgIpc) is 4.01. The highest BCUT2D eigenvalue weighted by Gasteiger charge is 2.33. The summed E-state index contributed by atoms with van der Waals surface area (Å²) in [7, 11) is 0. The number of imidazole rings is 1. The van der Waals surface area contributed by atoms with Gasteiger partial charge in [-0.05, 0) is 52.8 Å². The van der Waals surface area contributed by atoms with Crippen LogP contribution in [0.15, 0.2) is 116 Å². The predicted molar refractivity (Wildman–Crippen MR) is 260 cm³/mol. The van der Waals surface area contributed by atoms with E-state index in [1.807, 2.05) is 60.7 Å². The number of carboxylic acid groups (broad SMARTS) is 1. The number of nitrogens with two attached hydrogens (primary N) is 2. The molecule has 2 aromatic heterocycles. The van der Waals surface area contributed by atoms with Crippen molar-refractivity contribution < 1.29 is 33.9 Å². The van der Waals surface area contributed by atoms with Gasteiger partial charge in [0, 0.05) is 54.9 Å². The third kappa shape index (κ3) is 14.1. The first-order valence-electron chi connectivity index (χ1n) is 22.0. The number of para-hydroxylation sites is 1. The lowest BCUT2D eigenvalue weighted by Gasteiger charge is -2.27. The lowest BCUT2D eigenvalue weighted by molar-refractivity contribution is -0.141. The van der Waals surface area contributed by atoms with Crippen LogP contribution in [-0.4, -0.2) is 110 Å². The maximum Gasteiger partial charge on any atom is 0.327 e. The minimum atomic E-state index is -1.37. The van der Waals surface area contributed by atoms with Crippen LogP contribution in [0, 0.1) is 5.41 Å². The molecule has 4 aromatic carbocycles. The highest BCUT2D eigenvalue weighted by molar-refractivity contribution is 7.80. The summed E-state index contributed by atoms with van der Waals surface area (Å²) in [6.07, 6.45) is 5.00. The standard InChI is InChI=1S/C48H56N12O7S/c49-35(22-32-24-54-36-14-7-6-13-34(32)36)42(61)57-40(23-33-25-52-27-55-33)46(65)59-38(20-28-9-2-1-3-10-28)44(63)56-37(15-8-18-53-48(50)51)43(62)58-39(45(64)60-41(26-68)47(66)67)21-29-16-17-30-11-4-5-12-31(30)19-29/h1-7,9-14,16-17,19,24-25,27,35,37-41,54,68H,8,15,18,20-23,26,49H2,(H,52,55)(H,56,63)(H,57,61)(H,58,62)(H,59,65)(H,60,64)(H,66,67)(H4,50,51,53)/t35-,37+,38-,39+,40+,41-/m1/s1. The van der Waals surface area contributed by atoms with E-state index in [4.69, 9.17) is 16.9 Å². The number of thiol groups is 1. The van der Waals surface area contributed by atoms with E-state index >= 15 is 0 Å². The number of carbonyl (C=O) groups excluding carboxylic acids is 5. The normalized spacial score (nSPS) is 13.8. The van der Waals surface area contributed by atoms with Crippen LogP contribution in [0.4, 0.5) is 0 Å². The van der Waals surface area contributed by atoms with E-state index in [9.17, 15) is 33.9 Å². The second-order valence-electron chi connectivity index (χ2n) is 16.3. The summed E-state index contributed by atoms with van der Waals surface area (Å²) in [5.74, 6) is -5.53. The highest BCUT2D eigenvalue weighted by Crippen LogP contribution is 2.20.